The van der Waals surface area contributed by atoms with Crippen LogP contribution in [0.3, 0.4) is 0 Å². The Balaban J connectivity index is 1.38. The molecule has 30 heavy (non-hydrogen) atoms. The molecule has 0 nitrogen and oxygen atoms in total. The van der Waals surface area contributed by atoms with Gasteiger partial charge in [0, 0.05) is 11.5 Å². The van der Waals surface area contributed by atoms with Crippen molar-refractivity contribution < 1.29 is 0 Å². The first-order chi connectivity index (χ1) is 14.7. The predicted octanol–water partition coefficient (Wildman–Crippen LogP) is 8.61. The van der Waals surface area contributed by atoms with Gasteiger partial charge in [-0.1, -0.05) is 99.3 Å². The van der Waals surface area contributed by atoms with Crippen LogP contribution in [0.15, 0.2) is 48.5 Å². The number of benzene rings is 2. The zero-order chi connectivity index (χ0) is 21.0. The topological polar surface area (TPSA) is 0 Å². The van der Waals surface area contributed by atoms with E-state index in [1.54, 1.807) is 5.56 Å². The van der Waals surface area contributed by atoms with Crippen molar-refractivity contribution in [2.24, 2.45) is 5.92 Å². The highest BCUT2D eigenvalue weighted by Gasteiger charge is 2.21. The maximum Gasteiger partial charge on any atom is 0.0245 e. The van der Waals surface area contributed by atoms with Crippen LogP contribution in [-0.4, -0.2) is 0 Å². The molecule has 0 atom stereocenters. The zero-order valence-electron chi connectivity index (χ0n) is 19.3. The Labute approximate surface area is 185 Å². The van der Waals surface area contributed by atoms with Crippen LogP contribution < -0.4 is 0 Å². The number of unbranched alkanes of at least 4 members (excludes halogenated alkanes) is 6. The van der Waals surface area contributed by atoms with Crippen LogP contribution >= 0.6 is 0 Å². The monoisotopic (exact) mass is 400 g/mol. The second-order valence-electron chi connectivity index (χ2n) is 9.30. The van der Waals surface area contributed by atoms with Crippen LogP contribution in [0.2, 0.25) is 0 Å². The van der Waals surface area contributed by atoms with Crippen LogP contribution in [0, 0.1) is 24.7 Å². The van der Waals surface area contributed by atoms with Gasteiger partial charge in [0.05, 0.1) is 0 Å². The first-order valence-electron chi connectivity index (χ1n) is 12.4. The Morgan fingerprint density at radius 1 is 0.733 bits per heavy atom. The lowest BCUT2D eigenvalue weighted by atomic mass is 9.78. The molecule has 0 saturated heterocycles. The van der Waals surface area contributed by atoms with Gasteiger partial charge in [0.15, 0.2) is 0 Å². The van der Waals surface area contributed by atoms with E-state index in [1.807, 2.05) is 0 Å². The van der Waals surface area contributed by atoms with Crippen molar-refractivity contribution in [3.05, 3.63) is 70.8 Å². The Morgan fingerprint density at radius 2 is 1.37 bits per heavy atom. The number of hydrogen-bond acceptors (Lipinski definition) is 0. The molecule has 160 valence electrons. The zero-order valence-corrected chi connectivity index (χ0v) is 19.3. The minimum atomic E-state index is 0.569. The molecule has 0 spiro atoms. The molecule has 0 radical (unpaired) electrons. The summed E-state index contributed by atoms with van der Waals surface area (Å²) >= 11 is 0. The first kappa shape index (κ1) is 22.7. The van der Waals surface area contributed by atoms with Crippen LogP contribution in [0.1, 0.15) is 106 Å². The summed E-state index contributed by atoms with van der Waals surface area (Å²) in [5.41, 5.74) is 5.52. The average Bonchev–Trinajstić information content (AvgIpc) is 2.79. The van der Waals surface area contributed by atoms with E-state index < -0.39 is 0 Å². The second kappa shape index (κ2) is 12.6. The van der Waals surface area contributed by atoms with E-state index in [-0.39, 0.29) is 0 Å². The van der Waals surface area contributed by atoms with Gasteiger partial charge in [-0.15, -0.1) is 0 Å². The van der Waals surface area contributed by atoms with Crippen molar-refractivity contribution in [3.8, 4) is 11.8 Å². The molecule has 0 heteroatoms. The lowest BCUT2D eigenvalue weighted by Gasteiger charge is -2.26. The van der Waals surface area contributed by atoms with Crippen molar-refractivity contribution in [2.75, 3.05) is 0 Å². The Morgan fingerprint density at radius 3 is 2.03 bits per heavy atom. The molecule has 2 aromatic rings. The number of aryl methyl sites for hydroxylation is 2. The molecule has 2 aromatic carbocycles. The third kappa shape index (κ3) is 7.68. The molecule has 0 N–H and O–H groups in total. The van der Waals surface area contributed by atoms with Crippen molar-refractivity contribution in [1.29, 1.82) is 0 Å². The summed E-state index contributed by atoms with van der Waals surface area (Å²) in [6.45, 7) is 4.41. The van der Waals surface area contributed by atoms with E-state index in [1.165, 1.54) is 88.2 Å². The maximum atomic E-state index is 3.53. The fourth-order valence-electron chi connectivity index (χ4n) is 4.64. The maximum absolute atomic E-state index is 3.53. The van der Waals surface area contributed by atoms with Gasteiger partial charge in [0.25, 0.3) is 0 Å². The van der Waals surface area contributed by atoms with Gasteiger partial charge in [-0.2, -0.15) is 0 Å². The smallest absolute Gasteiger partial charge is 0.0245 e. The summed E-state index contributed by atoms with van der Waals surface area (Å²) in [6, 6.07) is 18.2. The SMILES string of the molecule is CCCCCCCCCc1ccc([C@H]2CC[C@H](C#Cc3ccc(C)cc3)CC2)cc1. The quantitative estimate of drug-likeness (QED) is 0.292. The fourth-order valence-corrected chi connectivity index (χ4v) is 4.64. The van der Waals surface area contributed by atoms with Crippen molar-refractivity contribution in [3.63, 3.8) is 0 Å². The van der Waals surface area contributed by atoms with E-state index in [2.05, 4.69) is 74.2 Å². The van der Waals surface area contributed by atoms with Gasteiger partial charge >= 0.3 is 0 Å². The van der Waals surface area contributed by atoms with Crippen LogP contribution in [0.5, 0.6) is 0 Å². The molecule has 1 fully saturated rings. The van der Waals surface area contributed by atoms with E-state index >= 15 is 0 Å². The molecule has 1 aliphatic rings. The second-order valence-corrected chi connectivity index (χ2v) is 9.30. The molecule has 1 saturated carbocycles. The van der Waals surface area contributed by atoms with Gasteiger partial charge in [-0.25, -0.2) is 0 Å². The minimum Gasteiger partial charge on any atom is -0.0945 e. The van der Waals surface area contributed by atoms with E-state index in [4.69, 9.17) is 0 Å². The van der Waals surface area contributed by atoms with Crippen LogP contribution in [0.25, 0.3) is 0 Å². The third-order valence-corrected chi connectivity index (χ3v) is 6.72. The molecule has 0 amide bonds. The largest absolute Gasteiger partial charge is 0.0945 e. The third-order valence-electron chi connectivity index (χ3n) is 6.72. The lowest BCUT2D eigenvalue weighted by molar-refractivity contribution is 0.384. The average molecular weight is 401 g/mol. The summed E-state index contributed by atoms with van der Waals surface area (Å²) in [7, 11) is 0. The molecule has 0 bridgehead atoms. The van der Waals surface area contributed by atoms with Gasteiger partial charge in [-0.3, -0.25) is 0 Å². The highest BCUT2D eigenvalue weighted by molar-refractivity contribution is 5.36. The van der Waals surface area contributed by atoms with Gasteiger partial charge < -0.3 is 0 Å². The first-order valence-corrected chi connectivity index (χ1v) is 12.4. The summed E-state index contributed by atoms with van der Waals surface area (Å²) in [6.07, 6.45) is 16.0. The summed E-state index contributed by atoms with van der Waals surface area (Å²) in [5.74, 6) is 8.23. The van der Waals surface area contributed by atoms with E-state index in [0.717, 1.165) is 11.5 Å². The van der Waals surface area contributed by atoms with Crippen LogP contribution in [-0.2, 0) is 6.42 Å². The molecular weight excluding hydrogens is 360 g/mol. The Bertz CT molecular complexity index is 777. The number of rotatable bonds is 9. The summed E-state index contributed by atoms with van der Waals surface area (Å²) < 4.78 is 0. The highest BCUT2D eigenvalue weighted by atomic mass is 14.2. The van der Waals surface area contributed by atoms with E-state index in [0.29, 0.717) is 5.92 Å². The Hall–Kier alpha value is -2.00. The molecule has 0 heterocycles. The summed E-state index contributed by atoms with van der Waals surface area (Å²) in [5, 5.41) is 0. The Kier molecular flexibility index (Phi) is 9.56. The molecule has 0 unspecified atom stereocenters. The molecule has 0 aliphatic heterocycles. The minimum absolute atomic E-state index is 0.569. The molecule has 0 aromatic heterocycles. The van der Waals surface area contributed by atoms with Crippen molar-refractivity contribution in [1.82, 2.24) is 0 Å². The van der Waals surface area contributed by atoms with E-state index in [9.17, 15) is 0 Å². The lowest BCUT2D eigenvalue weighted by Crippen LogP contribution is -2.12. The summed E-state index contributed by atoms with van der Waals surface area (Å²) in [4.78, 5) is 0. The van der Waals surface area contributed by atoms with Gasteiger partial charge in [0.1, 0.15) is 0 Å². The predicted molar refractivity (Wildman–Crippen MR) is 131 cm³/mol. The molecule has 3 rings (SSSR count). The van der Waals surface area contributed by atoms with Crippen LogP contribution in [0.4, 0.5) is 0 Å². The normalized spacial score (nSPS) is 18.6. The van der Waals surface area contributed by atoms with Crippen molar-refractivity contribution >= 4 is 0 Å². The molecule has 1 aliphatic carbocycles. The highest BCUT2D eigenvalue weighted by Crippen LogP contribution is 2.35. The standard InChI is InChI=1S/C30H40/c1-3-4-5-6-7-8-9-10-26-17-21-29(22-18-26)30-23-19-28(20-24-30)16-15-27-13-11-25(2)12-14-27/h11-14,17-18,21-22,28,30H,3-10,19-20,23-24H2,1-2H3/t28-,30-. The fraction of sp³-hybridized carbons (Fsp3) is 0.533. The van der Waals surface area contributed by atoms with Crippen molar-refractivity contribution in [2.45, 2.75) is 96.8 Å². The van der Waals surface area contributed by atoms with Gasteiger partial charge in [0.2, 0.25) is 0 Å². The number of hydrogen-bond donors (Lipinski definition) is 0. The molecular formula is C30H40. The van der Waals surface area contributed by atoms with Gasteiger partial charge in [-0.05, 0) is 74.6 Å².